The largest absolute Gasteiger partial charge is 0.444 e. The van der Waals surface area contributed by atoms with Crippen molar-refractivity contribution in [2.45, 2.75) is 50.3 Å². The van der Waals surface area contributed by atoms with Gasteiger partial charge in [-0.25, -0.2) is 4.79 Å². The molecule has 1 saturated heterocycles. The molecule has 1 aromatic carbocycles. The highest BCUT2D eigenvalue weighted by atomic mass is 79.9. The normalized spacial score (nSPS) is 22.8. The van der Waals surface area contributed by atoms with Crippen LogP contribution in [0.2, 0.25) is 0 Å². The molecule has 0 saturated carbocycles. The van der Waals surface area contributed by atoms with Gasteiger partial charge in [0, 0.05) is 36.0 Å². The van der Waals surface area contributed by atoms with Gasteiger partial charge in [-0.2, -0.15) is 12.6 Å². The quantitative estimate of drug-likeness (QED) is 0.672. The van der Waals surface area contributed by atoms with Gasteiger partial charge in [0.05, 0.1) is 11.1 Å². The predicted molar refractivity (Wildman–Crippen MR) is 106 cm³/mol. The number of rotatable bonds is 1. The first-order valence-corrected chi connectivity index (χ1v) is 9.78. The van der Waals surface area contributed by atoms with Crippen LogP contribution >= 0.6 is 28.6 Å². The second-order valence-corrected chi connectivity index (χ2v) is 8.89. The Morgan fingerprint density at radius 1 is 1.36 bits per heavy atom. The number of hydrogen-bond acceptors (Lipinski definition) is 5. The molecule has 1 aromatic rings. The minimum Gasteiger partial charge on any atom is -0.444 e. The lowest BCUT2D eigenvalue weighted by molar-refractivity contribution is 0.0159. The summed E-state index contributed by atoms with van der Waals surface area (Å²) in [5, 5.41) is 3.39. The number of likely N-dealkylation sites (tertiary alicyclic amines) is 1. The van der Waals surface area contributed by atoms with Crippen molar-refractivity contribution in [2.75, 3.05) is 13.1 Å². The molecular weight excluding hydrogens is 402 g/mol. The number of thiol groups is 1. The smallest absolute Gasteiger partial charge is 0.410 e. The molecule has 2 heterocycles. The number of nitrogens with one attached hydrogen (secondary N) is 1. The lowest BCUT2D eigenvalue weighted by Crippen LogP contribution is -2.53. The molecule has 25 heavy (non-hydrogen) atoms. The molecule has 1 unspecified atom stereocenters. The summed E-state index contributed by atoms with van der Waals surface area (Å²) in [6.07, 6.45) is 1.24. The monoisotopic (exact) mass is 425 g/mol. The average molecular weight is 426 g/mol. The fourth-order valence-electron chi connectivity index (χ4n) is 3.17. The molecule has 0 aromatic heterocycles. The SMILES string of the molecule is CC(C)(C)OC(=O)N1CCC2(CC1)N=C(c1ccccc1Br)C(S)N2. The van der Waals surface area contributed by atoms with Crippen molar-refractivity contribution in [1.82, 2.24) is 10.2 Å². The van der Waals surface area contributed by atoms with E-state index in [1.54, 1.807) is 4.90 Å². The highest BCUT2D eigenvalue weighted by Crippen LogP contribution is 2.33. The zero-order chi connectivity index (χ0) is 18.2. The van der Waals surface area contributed by atoms with E-state index in [0.717, 1.165) is 28.6 Å². The van der Waals surface area contributed by atoms with Crippen LogP contribution in [0.5, 0.6) is 0 Å². The minimum atomic E-state index is -0.473. The molecule has 136 valence electrons. The second-order valence-electron chi connectivity index (χ2n) is 7.52. The molecule has 1 amide bonds. The number of carbonyl (C=O) groups excluding carboxylic acids is 1. The van der Waals surface area contributed by atoms with Crippen LogP contribution < -0.4 is 5.32 Å². The van der Waals surface area contributed by atoms with Crippen molar-refractivity contribution in [3.05, 3.63) is 34.3 Å². The van der Waals surface area contributed by atoms with Gasteiger partial charge in [-0.3, -0.25) is 10.3 Å². The molecule has 1 fully saturated rings. The van der Waals surface area contributed by atoms with Crippen LogP contribution in [0.1, 0.15) is 39.2 Å². The Hall–Kier alpha value is -1.05. The standard InChI is InChI=1S/C18H24BrN3O2S/c1-17(2,3)24-16(23)22-10-8-18(9-11-22)20-14(15(25)21-18)12-6-4-5-7-13(12)19/h4-7,15,21,25H,8-11H2,1-3H3. The Morgan fingerprint density at radius 3 is 2.60 bits per heavy atom. The van der Waals surface area contributed by atoms with Gasteiger partial charge in [0.15, 0.2) is 0 Å². The van der Waals surface area contributed by atoms with Crippen molar-refractivity contribution < 1.29 is 9.53 Å². The maximum absolute atomic E-state index is 12.2. The Labute approximate surface area is 162 Å². The Bertz CT molecular complexity index is 694. The predicted octanol–water partition coefficient (Wildman–Crippen LogP) is 3.82. The number of halogens is 1. The summed E-state index contributed by atoms with van der Waals surface area (Å²) in [6, 6.07) is 8.04. The van der Waals surface area contributed by atoms with Crippen molar-refractivity contribution in [3.63, 3.8) is 0 Å². The van der Waals surface area contributed by atoms with Crippen molar-refractivity contribution in [3.8, 4) is 0 Å². The van der Waals surface area contributed by atoms with Crippen LogP contribution in [-0.2, 0) is 4.74 Å². The summed E-state index contributed by atoms with van der Waals surface area (Å²) in [7, 11) is 0. The van der Waals surface area contributed by atoms with Crippen molar-refractivity contribution in [1.29, 1.82) is 0 Å². The van der Waals surface area contributed by atoms with E-state index in [2.05, 4.69) is 33.9 Å². The number of hydrogen-bond donors (Lipinski definition) is 2. The highest BCUT2D eigenvalue weighted by molar-refractivity contribution is 9.10. The molecule has 1 N–H and O–H groups in total. The van der Waals surface area contributed by atoms with Gasteiger partial charge >= 0.3 is 6.09 Å². The topological polar surface area (TPSA) is 53.9 Å². The average Bonchev–Trinajstić information content (AvgIpc) is 2.83. The minimum absolute atomic E-state index is 0.119. The van der Waals surface area contributed by atoms with Crippen LogP contribution in [-0.4, -0.2) is 46.4 Å². The third-order valence-electron chi connectivity index (χ3n) is 4.39. The number of carbonyl (C=O) groups is 1. The second kappa shape index (κ2) is 6.93. The maximum atomic E-state index is 12.2. The van der Waals surface area contributed by atoms with Crippen molar-refractivity contribution >= 4 is 40.4 Å². The number of aliphatic imine (C=N–C) groups is 1. The fraction of sp³-hybridized carbons (Fsp3) is 0.556. The van der Waals surface area contributed by atoms with E-state index in [9.17, 15) is 4.79 Å². The molecule has 2 aliphatic rings. The molecule has 1 atom stereocenters. The van der Waals surface area contributed by atoms with Gasteiger partial charge in [-0.15, -0.1) is 0 Å². The van der Waals surface area contributed by atoms with Gasteiger partial charge in [-0.05, 0) is 26.8 Å². The lowest BCUT2D eigenvalue weighted by atomic mass is 9.98. The van der Waals surface area contributed by atoms with Crippen LogP contribution in [0.4, 0.5) is 4.79 Å². The molecule has 0 radical (unpaired) electrons. The summed E-state index contributed by atoms with van der Waals surface area (Å²) < 4.78 is 6.48. The Morgan fingerprint density at radius 2 is 2.00 bits per heavy atom. The van der Waals surface area contributed by atoms with E-state index in [1.807, 2.05) is 45.0 Å². The first kappa shape index (κ1) is 18.7. The summed E-state index contributed by atoms with van der Waals surface area (Å²) in [6.45, 7) is 6.89. The highest BCUT2D eigenvalue weighted by Gasteiger charge is 2.43. The van der Waals surface area contributed by atoms with Gasteiger partial charge in [0.2, 0.25) is 0 Å². The summed E-state index contributed by atoms with van der Waals surface area (Å²) in [5.41, 5.74) is 1.18. The van der Waals surface area contributed by atoms with Gasteiger partial charge in [0.25, 0.3) is 0 Å². The van der Waals surface area contributed by atoms with E-state index in [0.29, 0.717) is 13.1 Å². The molecular formula is C18H24BrN3O2S. The van der Waals surface area contributed by atoms with Gasteiger partial charge in [0.1, 0.15) is 11.3 Å². The first-order chi connectivity index (χ1) is 11.7. The molecule has 0 aliphatic carbocycles. The number of ether oxygens (including phenoxy) is 1. The fourth-order valence-corrected chi connectivity index (χ4v) is 4.09. The zero-order valence-corrected chi connectivity index (χ0v) is 17.2. The van der Waals surface area contributed by atoms with E-state index < -0.39 is 5.60 Å². The van der Waals surface area contributed by atoms with Crippen LogP contribution in [0.15, 0.2) is 33.7 Å². The molecule has 2 aliphatic heterocycles. The number of amides is 1. The Kier molecular flexibility index (Phi) is 5.19. The van der Waals surface area contributed by atoms with Gasteiger partial charge in [-0.1, -0.05) is 34.1 Å². The third kappa shape index (κ3) is 4.20. The first-order valence-electron chi connectivity index (χ1n) is 8.47. The summed E-state index contributed by atoms with van der Waals surface area (Å²) in [4.78, 5) is 19.0. The number of benzene rings is 1. The van der Waals surface area contributed by atoms with Crippen LogP contribution in [0.3, 0.4) is 0 Å². The number of piperidine rings is 1. The third-order valence-corrected chi connectivity index (χ3v) is 5.46. The van der Waals surface area contributed by atoms with E-state index >= 15 is 0 Å². The molecule has 0 bridgehead atoms. The lowest BCUT2D eigenvalue weighted by Gasteiger charge is -2.38. The summed E-state index contributed by atoms with van der Waals surface area (Å²) >= 11 is 8.27. The summed E-state index contributed by atoms with van der Waals surface area (Å²) in [5.74, 6) is 0. The molecule has 1 spiro atoms. The van der Waals surface area contributed by atoms with Crippen LogP contribution in [0.25, 0.3) is 0 Å². The van der Waals surface area contributed by atoms with Crippen LogP contribution in [0, 0.1) is 0 Å². The number of nitrogens with zero attached hydrogens (tertiary/aromatic N) is 2. The molecule has 5 nitrogen and oxygen atoms in total. The van der Waals surface area contributed by atoms with Crippen molar-refractivity contribution in [2.24, 2.45) is 4.99 Å². The van der Waals surface area contributed by atoms with Gasteiger partial charge < -0.3 is 9.64 Å². The zero-order valence-electron chi connectivity index (χ0n) is 14.8. The van der Waals surface area contributed by atoms with E-state index in [4.69, 9.17) is 9.73 Å². The van der Waals surface area contributed by atoms with E-state index in [-0.39, 0.29) is 17.1 Å². The molecule has 7 heteroatoms. The maximum Gasteiger partial charge on any atom is 0.410 e. The van der Waals surface area contributed by atoms with E-state index in [1.165, 1.54) is 0 Å². The Balaban J connectivity index is 1.71. The molecule has 3 rings (SSSR count).